The molecule has 3 rings (SSSR count). The van der Waals surface area contributed by atoms with E-state index in [1.165, 1.54) is 29.5 Å². The number of hydrogen-bond acceptors (Lipinski definition) is 2. The third kappa shape index (κ3) is 3.28. The molecule has 1 N–H and O–H groups in total. The lowest BCUT2D eigenvalue weighted by Crippen LogP contribution is -2.34. The van der Waals surface area contributed by atoms with E-state index in [2.05, 4.69) is 29.4 Å². The maximum Gasteiger partial charge on any atom is 0.0845 e. The average Bonchev–Trinajstić information content (AvgIpc) is 2.88. The van der Waals surface area contributed by atoms with Crippen LogP contribution in [0.5, 0.6) is 0 Å². The first-order chi connectivity index (χ1) is 11.2. The summed E-state index contributed by atoms with van der Waals surface area (Å²) in [5, 5.41) is 12.7. The van der Waals surface area contributed by atoms with E-state index in [-0.39, 0.29) is 6.10 Å². The number of likely N-dealkylation sites (N-methyl/N-ethyl adjacent to an activating group) is 1. The minimum Gasteiger partial charge on any atom is -0.390 e. The van der Waals surface area contributed by atoms with Crippen molar-refractivity contribution in [3.05, 3.63) is 34.5 Å². The zero-order chi connectivity index (χ0) is 16.4. The van der Waals surface area contributed by atoms with Gasteiger partial charge in [0.2, 0.25) is 0 Å². The van der Waals surface area contributed by atoms with Crippen LogP contribution in [-0.2, 0) is 19.4 Å². The Balaban J connectivity index is 1.96. The van der Waals surface area contributed by atoms with Crippen molar-refractivity contribution in [2.45, 2.75) is 52.2 Å². The average molecular weight is 335 g/mol. The Morgan fingerprint density at radius 2 is 1.96 bits per heavy atom. The molecule has 0 radical (unpaired) electrons. The SMILES string of the molecule is CCN(CC)C[C@H](O)Cn1c2c(c3cccc(Cl)c31)CCCC2. The maximum absolute atomic E-state index is 10.6. The molecular weight excluding hydrogens is 308 g/mol. The van der Waals surface area contributed by atoms with Crippen molar-refractivity contribution in [3.8, 4) is 0 Å². The van der Waals surface area contributed by atoms with Gasteiger partial charge in [0.05, 0.1) is 23.2 Å². The topological polar surface area (TPSA) is 28.4 Å². The monoisotopic (exact) mass is 334 g/mol. The van der Waals surface area contributed by atoms with Crippen molar-refractivity contribution in [2.24, 2.45) is 0 Å². The first-order valence-electron chi connectivity index (χ1n) is 8.84. The number of aliphatic hydroxyl groups is 1. The second kappa shape index (κ2) is 7.25. The third-order valence-corrected chi connectivity index (χ3v) is 5.41. The van der Waals surface area contributed by atoms with Gasteiger partial charge in [-0.3, -0.25) is 0 Å². The largest absolute Gasteiger partial charge is 0.390 e. The van der Waals surface area contributed by atoms with Crippen LogP contribution in [-0.4, -0.2) is 40.3 Å². The lowest BCUT2D eigenvalue weighted by molar-refractivity contribution is 0.103. The predicted octanol–water partition coefficient (Wildman–Crippen LogP) is 3.88. The summed E-state index contributed by atoms with van der Waals surface area (Å²) in [6, 6.07) is 6.18. The Morgan fingerprint density at radius 1 is 1.22 bits per heavy atom. The van der Waals surface area contributed by atoms with Crippen LogP contribution < -0.4 is 0 Å². The van der Waals surface area contributed by atoms with Crippen LogP contribution in [0.25, 0.3) is 10.9 Å². The van der Waals surface area contributed by atoms with Gasteiger partial charge >= 0.3 is 0 Å². The Labute approximate surface area is 143 Å². The quantitative estimate of drug-likeness (QED) is 0.868. The molecule has 0 unspecified atom stereocenters. The number of fused-ring (bicyclic) bond motifs is 3. The molecule has 1 heterocycles. The molecule has 0 fully saturated rings. The Morgan fingerprint density at radius 3 is 2.70 bits per heavy atom. The molecule has 1 aliphatic carbocycles. The van der Waals surface area contributed by atoms with Gasteiger partial charge in [0, 0.05) is 17.6 Å². The Kier molecular flexibility index (Phi) is 5.30. The van der Waals surface area contributed by atoms with Crippen LogP contribution in [0.15, 0.2) is 18.2 Å². The van der Waals surface area contributed by atoms with Gasteiger partial charge in [-0.2, -0.15) is 0 Å². The second-order valence-corrected chi connectivity index (χ2v) is 6.93. The van der Waals surface area contributed by atoms with E-state index in [1.807, 2.05) is 12.1 Å². The van der Waals surface area contributed by atoms with Crippen LogP contribution >= 0.6 is 11.6 Å². The zero-order valence-corrected chi connectivity index (χ0v) is 14.9. The van der Waals surface area contributed by atoms with Crippen molar-refractivity contribution in [2.75, 3.05) is 19.6 Å². The van der Waals surface area contributed by atoms with Gasteiger partial charge in [-0.25, -0.2) is 0 Å². The summed E-state index contributed by atoms with van der Waals surface area (Å²) in [7, 11) is 0. The molecular formula is C19H27ClN2O. The number of hydrogen-bond donors (Lipinski definition) is 1. The van der Waals surface area contributed by atoms with Crippen molar-refractivity contribution in [3.63, 3.8) is 0 Å². The molecule has 1 atom stereocenters. The number of rotatable bonds is 6. The highest BCUT2D eigenvalue weighted by Crippen LogP contribution is 2.35. The minimum absolute atomic E-state index is 0.368. The van der Waals surface area contributed by atoms with E-state index in [4.69, 9.17) is 11.6 Å². The standard InChI is InChI=1S/C19H27ClN2O/c1-3-21(4-2)12-14(23)13-22-18-11-6-5-8-15(18)16-9-7-10-17(20)19(16)22/h7,9-10,14,23H,3-6,8,11-13H2,1-2H3/t14-/m0/s1. The van der Waals surface area contributed by atoms with Crippen molar-refractivity contribution in [1.82, 2.24) is 9.47 Å². The summed E-state index contributed by atoms with van der Waals surface area (Å²) < 4.78 is 2.29. The Bertz CT molecular complexity index is 676. The van der Waals surface area contributed by atoms with Gasteiger partial charge in [-0.1, -0.05) is 37.6 Å². The highest BCUT2D eigenvalue weighted by molar-refractivity contribution is 6.35. The zero-order valence-electron chi connectivity index (χ0n) is 14.2. The highest BCUT2D eigenvalue weighted by atomic mass is 35.5. The molecule has 0 bridgehead atoms. The van der Waals surface area contributed by atoms with Crippen LogP contribution in [0.4, 0.5) is 0 Å². The fourth-order valence-electron chi connectivity index (χ4n) is 3.90. The Hall–Kier alpha value is -1.03. The number of halogens is 1. The maximum atomic E-state index is 10.6. The van der Waals surface area contributed by atoms with Gasteiger partial charge in [0.15, 0.2) is 0 Å². The summed E-state index contributed by atoms with van der Waals surface area (Å²) in [6.45, 7) is 7.57. The first kappa shape index (κ1) is 16.8. The molecule has 1 aliphatic rings. The molecule has 0 aliphatic heterocycles. The smallest absolute Gasteiger partial charge is 0.0845 e. The molecule has 0 amide bonds. The number of para-hydroxylation sites is 1. The normalized spacial score (nSPS) is 16.0. The van der Waals surface area contributed by atoms with Gasteiger partial charge < -0.3 is 14.6 Å². The number of aliphatic hydroxyl groups excluding tert-OH is 1. The molecule has 3 nitrogen and oxygen atoms in total. The van der Waals surface area contributed by atoms with E-state index in [9.17, 15) is 5.11 Å². The van der Waals surface area contributed by atoms with Gasteiger partial charge in [-0.05, 0) is 50.4 Å². The van der Waals surface area contributed by atoms with E-state index in [0.717, 1.165) is 36.5 Å². The summed E-state index contributed by atoms with van der Waals surface area (Å²) in [6.07, 6.45) is 4.34. The molecule has 126 valence electrons. The number of aromatic nitrogens is 1. The van der Waals surface area contributed by atoms with Crippen LogP contribution in [0, 0.1) is 0 Å². The van der Waals surface area contributed by atoms with Gasteiger partial charge in [0.25, 0.3) is 0 Å². The molecule has 2 aromatic rings. The number of benzene rings is 1. The van der Waals surface area contributed by atoms with Crippen molar-refractivity contribution < 1.29 is 5.11 Å². The first-order valence-corrected chi connectivity index (χ1v) is 9.22. The molecule has 1 aromatic carbocycles. The van der Waals surface area contributed by atoms with E-state index in [0.29, 0.717) is 13.1 Å². The molecule has 0 saturated heterocycles. The summed E-state index contributed by atoms with van der Waals surface area (Å²) >= 11 is 6.51. The fourth-order valence-corrected chi connectivity index (χ4v) is 4.17. The van der Waals surface area contributed by atoms with E-state index < -0.39 is 0 Å². The van der Waals surface area contributed by atoms with Crippen LogP contribution in [0.3, 0.4) is 0 Å². The van der Waals surface area contributed by atoms with Gasteiger partial charge in [-0.15, -0.1) is 0 Å². The van der Waals surface area contributed by atoms with E-state index >= 15 is 0 Å². The highest BCUT2D eigenvalue weighted by Gasteiger charge is 2.23. The summed E-state index contributed by atoms with van der Waals surface area (Å²) in [5.41, 5.74) is 3.95. The van der Waals surface area contributed by atoms with Crippen molar-refractivity contribution >= 4 is 22.5 Å². The lowest BCUT2D eigenvalue weighted by atomic mass is 9.95. The molecule has 4 heteroatoms. The van der Waals surface area contributed by atoms with E-state index in [1.54, 1.807) is 0 Å². The summed E-state index contributed by atoms with van der Waals surface area (Å²) in [5.74, 6) is 0. The summed E-state index contributed by atoms with van der Waals surface area (Å²) in [4.78, 5) is 2.27. The molecule has 23 heavy (non-hydrogen) atoms. The number of nitrogens with zero attached hydrogens (tertiary/aromatic N) is 2. The predicted molar refractivity (Wildman–Crippen MR) is 97.4 cm³/mol. The van der Waals surface area contributed by atoms with Crippen molar-refractivity contribution in [1.29, 1.82) is 0 Å². The third-order valence-electron chi connectivity index (χ3n) is 5.10. The second-order valence-electron chi connectivity index (χ2n) is 6.52. The fraction of sp³-hybridized carbons (Fsp3) is 0.579. The molecule has 0 spiro atoms. The van der Waals surface area contributed by atoms with Gasteiger partial charge in [0.1, 0.15) is 0 Å². The molecule has 0 saturated carbocycles. The number of aryl methyl sites for hydroxylation is 1. The van der Waals surface area contributed by atoms with Crippen LogP contribution in [0.2, 0.25) is 5.02 Å². The minimum atomic E-state index is -0.368. The lowest BCUT2D eigenvalue weighted by Gasteiger charge is -2.24. The van der Waals surface area contributed by atoms with Crippen LogP contribution in [0.1, 0.15) is 37.9 Å². The molecule has 1 aromatic heterocycles.